The van der Waals surface area contributed by atoms with E-state index in [1.54, 1.807) is 17.5 Å². The molecule has 8 nitrogen and oxygen atoms in total. The van der Waals surface area contributed by atoms with E-state index in [0.717, 1.165) is 15.6 Å². The summed E-state index contributed by atoms with van der Waals surface area (Å²) in [7, 11) is -3.91. The SMILES string of the molecule is Cc1cnc(N2CCN(S(=O)(=O)NC3(C(=O)O)CC3c3ccccc3)CC2)s1. The van der Waals surface area contributed by atoms with Crippen molar-refractivity contribution in [1.29, 1.82) is 0 Å². The minimum absolute atomic E-state index is 0.254. The molecule has 2 fully saturated rings. The second-order valence-corrected chi connectivity index (χ2v) is 10.1. The summed E-state index contributed by atoms with van der Waals surface area (Å²) in [6.07, 6.45) is 2.06. The summed E-state index contributed by atoms with van der Waals surface area (Å²) in [6, 6.07) is 9.17. The summed E-state index contributed by atoms with van der Waals surface area (Å²) in [6.45, 7) is 3.61. The van der Waals surface area contributed by atoms with Crippen molar-refractivity contribution in [2.75, 3.05) is 31.1 Å². The summed E-state index contributed by atoms with van der Waals surface area (Å²) < 4.78 is 29.6. The van der Waals surface area contributed by atoms with Crippen LogP contribution < -0.4 is 9.62 Å². The van der Waals surface area contributed by atoms with Crippen molar-refractivity contribution in [3.63, 3.8) is 0 Å². The Bertz CT molecular complexity index is 970. The van der Waals surface area contributed by atoms with Gasteiger partial charge >= 0.3 is 5.97 Å². The lowest BCUT2D eigenvalue weighted by atomic mass is 10.1. The van der Waals surface area contributed by atoms with E-state index in [9.17, 15) is 18.3 Å². The fourth-order valence-electron chi connectivity index (χ4n) is 3.65. The Balaban J connectivity index is 1.45. The van der Waals surface area contributed by atoms with Gasteiger partial charge < -0.3 is 10.0 Å². The number of carboxylic acids is 1. The summed E-state index contributed by atoms with van der Waals surface area (Å²) in [5, 5.41) is 10.6. The molecular weight excluding hydrogens is 400 g/mol. The smallest absolute Gasteiger partial charge is 0.325 e. The third-order valence-corrected chi connectivity index (χ3v) is 7.95. The van der Waals surface area contributed by atoms with Crippen LogP contribution in [0, 0.1) is 6.92 Å². The average Bonchev–Trinajstić information content (AvgIpc) is 3.24. The summed E-state index contributed by atoms with van der Waals surface area (Å²) >= 11 is 1.58. The molecule has 1 aliphatic heterocycles. The topological polar surface area (TPSA) is 103 Å². The molecule has 1 aromatic carbocycles. The molecule has 1 saturated heterocycles. The number of aryl methyl sites for hydroxylation is 1. The van der Waals surface area contributed by atoms with Crippen LogP contribution in [0.4, 0.5) is 5.13 Å². The molecule has 0 amide bonds. The van der Waals surface area contributed by atoms with Crippen LogP contribution >= 0.6 is 11.3 Å². The van der Waals surface area contributed by atoms with Crippen molar-refractivity contribution in [3.8, 4) is 0 Å². The van der Waals surface area contributed by atoms with E-state index in [4.69, 9.17) is 0 Å². The van der Waals surface area contributed by atoms with Gasteiger partial charge in [-0.3, -0.25) is 4.79 Å². The number of carboxylic acid groups (broad SMARTS) is 1. The molecule has 0 bridgehead atoms. The van der Waals surface area contributed by atoms with Crippen LogP contribution in [0.1, 0.15) is 22.8 Å². The number of carbonyl (C=O) groups is 1. The van der Waals surface area contributed by atoms with E-state index in [1.165, 1.54) is 4.31 Å². The highest BCUT2D eigenvalue weighted by atomic mass is 32.2. The maximum atomic E-state index is 12.9. The number of piperazine rings is 1. The van der Waals surface area contributed by atoms with Crippen molar-refractivity contribution >= 4 is 32.6 Å². The van der Waals surface area contributed by atoms with Crippen molar-refractivity contribution in [3.05, 3.63) is 47.0 Å². The van der Waals surface area contributed by atoms with Gasteiger partial charge in [-0.2, -0.15) is 17.4 Å². The van der Waals surface area contributed by atoms with Crippen molar-refractivity contribution in [2.45, 2.75) is 24.8 Å². The minimum Gasteiger partial charge on any atom is -0.480 e. The molecule has 0 radical (unpaired) electrons. The van der Waals surface area contributed by atoms with Gasteiger partial charge in [0.15, 0.2) is 5.13 Å². The van der Waals surface area contributed by atoms with Crippen molar-refractivity contribution in [2.24, 2.45) is 0 Å². The predicted molar refractivity (Wildman–Crippen MR) is 107 cm³/mol. The van der Waals surface area contributed by atoms with Gasteiger partial charge in [0.1, 0.15) is 5.54 Å². The Hall–Kier alpha value is -2.01. The third-order valence-electron chi connectivity index (χ3n) is 5.31. The molecule has 4 rings (SSSR count). The number of thiazole rings is 1. The number of aromatic nitrogens is 1. The second kappa shape index (κ2) is 7.11. The van der Waals surface area contributed by atoms with E-state index >= 15 is 0 Å². The predicted octanol–water partition coefficient (Wildman–Crippen LogP) is 1.42. The molecule has 2 heterocycles. The van der Waals surface area contributed by atoms with Gasteiger partial charge in [-0.05, 0) is 18.9 Å². The number of anilines is 1. The first kappa shape index (κ1) is 19.3. The fourth-order valence-corrected chi connectivity index (χ4v) is 6.00. The van der Waals surface area contributed by atoms with Crippen LogP contribution in [0.3, 0.4) is 0 Å². The highest BCUT2D eigenvalue weighted by Gasteiger charge is 2.63. The summed E-state index contributed by atoms with van der Waals surface area (Å²) in [5.74, 6) is -1.50. The summed E-state index contributed by atoms with van der Waals surface area (Å²) in [4.78, 5) is 19.4. The first-order valence-corrected chi connectivity index (χ1v) is 11.3. The molecule has 10 heteroatoms. The van der Waals surface area contributed by atoms with E-state index in [2.05, 4.69) is 14.6 Å². The van der Waals surface area contributed by atoms with E-state index in [0.29, 0.717) is 26.2 Å². The monoisotopic (exact) mass is 422 g/mol. The van der Waals surface area contributed by atoms with Gasteiger partial charge in [0.2, 0.25) is 0 Å². The number of nitrogens with one attached hydrogen (secondary N) is 1. The average molecular weight is 423 g/mol. The first-order valence-electron chi connectivity index (χ1n) is 9.06. The standard InChI is InChI=1S/C18H22N4O4S2/c1-13-12-19-17(27-13)21-7-9-22(10-8-21)28(25,26)20-18(16(23)24)11-15(18)14-5-3-2-4-6-14/h2-6,12,15,20H,7-11H2,1H3,(H,23,24). The molecule has 1 aliphatic carbocycles. The number of hydrogen-bond acceptors (Lipinski definition) is 6. The molecule has 150 valence electrons. The lowest BCUT2D eigenvalue weighted by Gasteiger charge is -2.34. The number of rotatable bonds is 6. The maximum Gasteiger partial charge on any atom is 0.325 e. The second-order valence-electron chi connectivity index (χ2n) is 7.19. The number of nitrogens with zero attached hydrogens (tertiary/aromatic N) is 3. The largest absolute Gasteiger partial charge is 0.480 e. The Kier molecular flexibility index (Phi) is 4.90. The van der Waals surface area contributed by atoms with Crippen molar-refractivity contribution in [1.82, 2.24) is 14.0 Å². The Labute approximate surface area is 168 Å². The van der Waals surface area contributed by atoms with Crippen LogP contribution in [-0.2, 0) is 15.0 Å². The highest BCUT2D eigenvalue weighted by Crippen LogP contribution is 2.52. The van der Waals surface area contributed by atoms with Gasteiger partial charge in [-0.1, -0.05) is 30.3 Å². The molecule has 1 aromatic heterocycles. The van der Waals surface area contributed by atoms with Gasteiger partial charge in [0.25, 0.3) is 10.2 Å². The first-order chi connectivity index (χ1) is 13.3. The molecule has 2 aromatic rings. The van der Waals surface area contributed by atoms with Crippen LogP contribution in [0.2, 0.25) is 0 Å². The Morgan fingerprint density at radius 1 is 1.25 bits per heavy atom. The molecular formula is C18H22N4O4S2. The van der Waals surface area contributed by atoms with Gasteiger partial charge in [-0.15, -0.1) is 11.3 Å². The zero-order valence-corrected chi connectivity index (χ0v) is 17.0. The van der Waals surface area contributed by atoms with Gasteiger partial charge in [-0.25, -0.2) is 4.98 Å². The highest BCUT2D eigenvalue weighted by molar-refractivity contribution is 7.87. The molecule has 2 atom stereocenters. The zero-order chi connectivity index (χ0) is 19.9. The number of hydrogen-bond donors (Lipinski definition) is 2. The Morgan fingerprint density at radius 2 is 1.93 bits per heavy atom. The molecule has 2 N–H and O–H groups in total. The number of benzene rings is 1. The van der Waals surface area contributed by atoms with Gasteiger partial charge in [0.05, 0.1) is 0 Å². The van der Waals surface area contributed by atoms with Crippen LogP contribution in [-0.4, -0.2) is 60.5 Å². The quantitative estimate of drug-likeness (QED) is 0.730. The molecule has 2 unspecified atom stereocenters. The van der Waals surface area contributed by atoms with E-state index in [1.807, 2.05) is 37.3 Å². The molecule has 1 saturated carbocycles. The Morgan fingerprint density at radius 3 is 2.50 bits per heavy atom. The lowest BCUT2D eigenvalue weighted by Crippen LogP contribution is -2.56. The van der Waals surface area contributed by atoms with Gasteiger partial charge in [0, 0.05) is 43.2 Å². The van der Waals surface area contributed by atoms with E-state index in [-0.39, 0.29) is 12.3 Å². The minimum atomic E-state index is -3.91. The van der Waals surface area contributed by atoms with Crippen LogP contribution in [0.5, 0.6) is 0 Å². The molecule has 2 aliphatic rings. The van der Waals surface area contributed by atoms with E-state index < -0.39 is 21.7 Å². The summed E-state index contributed by atoms with van der Waals surface area (Å²) in [5.41, 5.74) is -0.638. The normalized spacial score (nSPS) is 25.6. The third kappa shape index (κ3) is 3.52. The molecule has 28 heavy (non-hydrogen) atoms. The lowest BCUT2D eigenvalue weighted by molar-refractivity contribution is -0.140. The maximum absolute atomic E-state index is 12.9. The van der Waals surface area contributed by atoms with Crippen LogP contribution in [0.25, 0.3) is 0 Å². The zero-order valence-electron chi connectivity index (χ0n) is 15.4. The van der Waals surface area contributed by atoms with Crippen LogP contribution in [0.15, 0.2) is 36.5 Å². The number of aliphatic carboxylic acids is 1. The molecule has 0 spiro atoms. The fraction of sp³-hybridized carbons (Fsp3) is 0.444. The van der Waals surface area contributed by atoms with Crippen molar-refractivity contribution < 1.29 is 18.3 Å².